The molecule has 0 heterocycles. The molecule has 0 fully saturated rings. The van der Waals surface area contributed by atoms with E-state index in [1.807, 2.05) is 0 Å². The Hall–Kier alpha value is -2.96. The Morgan fingerprint density at radius 2 is 1.74 bits per heavy atom. The minimum atomic E-state index is -0.467. The fraction of sp³-hybridized carbons (Fsp3) is 0.300. The molecule has 0 atom stereocenters. The second-order valence-electron chi connectivity index (χ2n) is 6.04. The molecule has 2 aromatic carbocycles. The zero-order valence-electron chi connectivity index (χ0n) is 15.3. The smallest absolute Gasteiger partial charge is 0.251 e. The van der Waals surface area contributed by atoms with Crippen molar-refractivity contribution in [2.24, 2.45) is 0 Å². The molecule has 0 aromatic heterocycles. The number of halogens is 2. The van der Waals surface area contributed by atoms with Gasteiger partial charge >= 0.3 is 0 Å². The molecule has 2 rings (SSSR count). The summed E-state index contributed by atoms with van der Waals surface area (Å²) in [5, 5.41) is 5.28. The lowest BCUT2D eigenvalue weighted by molar-refractivity contribution is -0.121. The largest absolute Gasteiger partial charge is 0.494 e. The van der Waals surface area contributed by atoms with Crippen molar-refractivity contribution in [2.45, 2.75) is 19.8 Å². The number of carbonyl (C=O) groups excluding carboxylic acids is 2. The molecule has 0 spiro atoms. The summed E-state index contributed by atoms with van der Waals surface area (Å²) in [6.07, 6.45) is 0.588. The average molecular weight is 376 g/mol. The number of benzene rings is 2. The maximum absolute atomic E-state index is 13.6. The normalized spacial score (nSPS) is 10.4. The van der Waals surface area contributed by atoms with Gasteiger partial charge in [-0.15, -0.1) is 0 Å². The lowest BCUT2D eigenvalue weighted by atomic mass is 10.1. The summed E-state index contributed by atoms with van der Waals surface area (Å²) >= 11 is 0. The second-order valence-corrected chi connectivity index (χ2v) is 6.04. The van der Waals surface area contributed by atoms with Crippen molar-refractivity contribution in [1.82, 2.24) is 10.6 Å². The topological polar surface area (TPSA) is 67.4 Å². The lowest BCUT2D eigenvalue weighted by Crippen LogP contribution is -2.34. The molecule has 0 bridgehead atoms. The van der Waals surface area contributed by atoms with Crippen LogP contribution in [0.2, 0.25) is 0 Å². The molecule has 0 aliphatic carbocycles. The predicted octanol–water partition coefficient (Wildman–Crippen LogP) is 2.76. The predicted molar refractivity (Wildman–Crippen MR) is 97.8 cm³/mol. The first-order valence-electron chi connectivity index (χ1n) is 8.54. The van der Waals surface area contributed by atoms with Crippen LogP contribution in [0.4, 0.5) is 8.78 Å². The molecule has 27 heavy (non-hydrogen) atoms. The number of methoxy groups -OCH3 is 1. The van der Waals surface area contributed by atoms with Gasteiger partial charge in [-0.1, -0.05) is 12.1 Å². The number of amides is 2. The van der Waals surface area contributed by atoms with Crippen molar-refractivity contribution in [1.29, 1.82) is 0 Å². The van der Waals surface area contributed by atoms with E-state index in [0.29, 0.717) is 17.5 Å². The van der Waals surface area contributed by atoms with Crippen LogP contribution in [-0.4, -0.2) is 32.0 Å². The van der Waals surface area contributed by atoms with E-state index in [0.717, 1.165) is 0 Å². The number of hydrogen-bond donors (Lipinski definition) is 2. The molecule has 5 nitrogen and oxygen atoms in total. The Labute approximate surface area is 156 Å². The average Bonchev–Trinajstić information content (AvgIpc) is 2.65. The number of ether oxygens (including phenoxy) is 1. The van der Waals surface area contributed by atoms with Gasteiger partial charge in [0.2, 0.25) is 5.91 Å². The Bertz CT molecular complexity index is 825. The van der Waals surface area contributed by atoms with Crippen molar-refractivity contribution in [3.05, 3.63) is 64.7 Å². The molecule has 0 radical (unpaired) electrons. The van der Waals surface area contributed by atoms with Crippen molar-refractivity contribution in [3.8, 4) is 5.75 Å². The molecule has 2 N–H and O–H groups in total. The highest BCUT2D eigenvalue weighted by Crippen LogP contribution is 2.18. The maximum Gasteiger partial charge on any atom is 0.251 e. The van der Waals surface area contributed by atoms with Gasteiger partial charge in [-0.3, -0.25) is 9.59 Å². The van der Waals surface area contributed by atoms with Gasteiger partial charge in [0.1, 0.15) is 5.82 Å². The van der Waals surface area contributed by atoms with Crippen LogP contribution in [-0.2, 0) is 11.2 Å². The van der Waals surface area contributed by atoms with Gasteiger partial charge in [-0.2, -0.15) is 0 Å². The molecule has 0 unspecified atom stereocenters. The molecule has 2 amide bonds. The first-order valence-corrected chi connectivity index (χ1v) is 8.54. The number of aryl methyl sites for hydroxylation is 2. The summed E-state index contributed by atoms with van der Waals surface area (Å²) in [6.45, 7) is 2.08. The van der Waals surface area contributed by atoms with Gasteiger partial charge in [-0.05, 0) is 48.7 Å². The van der Waals surface area contributed by atoms with Gasteiger partial charge in [0.05, 0.1) is 7.11 Å². The van der Waals surface area contributed by atoms with Crippen molar-refractivity contribution < 1.29 is 23.1 Å². The highest BCUT2D eigenvalue weighted by Gasteiger charge is 2.09. The van der Waals surface area contributed by atoms with Gasteiger partial charge in [0.25, 0.3) is 5.91 Å². The zero-order valence-corrected chi connectivity index (χ0v) is 15.3. The maximum atomic E-state index is 13.6. The van der Waals surface area contributed by atoms with Crippen LogP contribution >= 0.6 is 0 Å². The summed E-state index contributed by atoms with van der Waals surface area (Å²) < 4.78 is 31.9. The van der Waals surface area contributed by atoms with Crippen LogP contribution in [0.15, 0.2) is 36.4 Å². The summed E-state index contributed by atoms with van der Waals surface area (Å²) in [6, 6.07) is 8.82. The first kappa shape index (κ1) is 20.4. The van der Waals surface area contributed by atoms with Crippen molar-refractivity contribution >= 4 is 11.8 Å². The molecule has 2 aromatic rings. The van der Waals surface area contributed by atoms with E-state index in [1.165, 1.54) is 31.4 Å². The Balaban J connectivity index is 1.69. The molecule has 0 aliphatic heterocycles. The van der Waals surface area contributed by atoms with Crippen LogP contribution in [0.25, 0.3) is 0 Å². The van der Waals surface area contributed by atoms with Crippen LogP contribution in [0.1, 0.15) is 27.9 Å². The molecular formula is C20H22F2N2O3. The van der Waals surface area contributed by atoms with Gasteiger partial charge in [0.15, 0.2) is 11.6 Å². The Morgan fingerprint density at radius 3 is 2.41 bits per heavy atom. The van der Waals surface area contributed by atoms with Crippen LogP contribution < -0.4 is 15.4 Å². The van der Waals surface area contributed by atoms with E-state index in [2.05, 4.69) is 10.6 Å². The van der Waals surface area contributed by atoms with Crippen LogP contribution in [0.5, 0.6) is 5.75 Å². The molecular weight excluding hydrogens is 354 g/mol. The van der Waals surface area contributed by atoms with Crippen molar-refractivity contribution in [2.75, 3.05) is 20.2 Å². The third-order valence-electron chi connectivity index (χ3n) is 4.02. The summed E-state index contributed by atoms with van der Waals surface area (Å²) in [7, 11) is 1.39. The number of rotatable bonds is 8. The third-order valence-corrected chi connectivity index (χ3v) is 4.02. The van der Waals surface area contributed by atoms with E-state index in [9.17, 15) is 18.4 Å². The molecule has 7 heteroatoms. The molecule has 144 valence electrons. The van der Waals surface area contributed by atoms with E-state index in [4.69, 9.17) is 4.74 Å². The second kappa shape index (κ2) is 9.66. The molecule has 0 saturated carbocycles. The lowest BCUT2D eigenvalue weighted by Gasteiger charge is -2.08. The number of nitrogens with one attached hydrogen (secondary N) is 2. The standard InChI is InChI=1S/C20H22F2N2O3/c1-13-3-6-15(12-16(13)21)20(26)24-10-9-23-19(25)8-5-14-4-7-18(27-2)17(22)11-14/h3-4,6-7,11-12H,5,8-10H2,1-2H3,(H,23,25)(H,24,26). The molecule has 0 aliphatic rings. The fourth-order valence-electron chi connectivity index (χ4n) is 2.43. The van der Waals surface area contributed by atoms with E-state index in [-0.39, 0.29) is 36.7 Å². The summed E-state index contributed by atoms with van der Waals surface area (Å²) in [4.78, 5) is 23.7. The van der Waals surface area contributed by atoms with Crippen LogP contribution in [0, 0.1) is 18.6 Å². The molecule has 0 saturated heterocycles. The SMILES string of the molecule is COc1ccc(CCC(=O)NCCNC(=O)c2ccc(C)c(F)c2)cc1F. The van der Waals surface area contributed by atoms with E-state index < -0.39 is 17.5 Å². The Morgan fingerprint density at radius 1 is 1.00 bits per heavy atom. The van der Waals surface area contributed by atoms with Gasteiger partial charge < -0.3 is 15.4 Å². The quantitative estimate of drug-likeness (QED) is 0.696. The highest BCUT2D eigenvalue weighted by molar-refractivity contribution is 5.94. The van der Waals surface area contributed by atoms with Gasteiger partial charge in [-0.25, -0.2) is 8.78 Å². The van der Waals surface area contributed by atoms with Gasteiger partial charge in [0, 0.05) is 25.1 Å². The Kier molecular flexibility index (Phi) is 7.28. The number of carbonyl (C=O) groups is 2. The minimum Gasteiger partial charge on any atom is -0.494 e. The summed E-state index contributed by atoms with van der Waals surface area (Å²) in [5.41, 5.74) is 1.39. The minimum absolute atomic E-state index is 0.160. The van der Waals surface area contributed by atoms with E-state index in [1.54, 1.807) is 19.1 Å². The fourth-order valence-corrected chi connectivity index (χ4v) is 2.43. The first-order chi connectivity index (χ1) is 12.9. The monoisotopic (exact) mass is 376 g/mol. The summed E-state index contributed by atoms with van der Waals surface area (Å²) in [5.74, 6) is -1.36. The highest BCUT2D eigenvalue weighted by atomic mass is 19.1. The van der Waals surface area contributed by atoms with Crippen LogP contribution in [0.3, 0.4) is 0 Å². The third kappa shape index (κ3) is 6.06. The zero-order chi connectivity index (χ0) is 19.8. The van der Waals surface area contributed by atoms with Crippen molar-refractivity contribution in [3.63, 3.8) is 0 Å². The number of hydrogen-bond acceptors (Lipinski definition) is 3. The van der Waals surface area contributed by atoms with E-state index >= 15 is 0 Å².